The third kappa shape index (κ3) is 3.42. The van der Waals surface area contributed by atoms with E-state index in [1.165, 1.54) is 7.11 Å². The van der Waals surface area contributed by atoms with E-state index >= 15 is 0 Å². The lowest BCUT2D eigenvalue weighted by Gasteiger charge is -2.30. The Balaban J connectivity index is 1.99. The van der Waals surface area contributed by atoms with Crippen LogP contribution in [-0.2, 0) is 9.53 Å². The Kier molecular flexibility index (Phi) is 4.84. The van der Waals surface area contributed by atoms with E-state index in [-0.39, 0.29) is 17.9 Å². The van der Waals surface area contributed by atoms with Gasteiger partial charge in [0.1, 0.15) is 0 Å². The molecule has 1 unspecified atom stereocenters. The van der Waals surface area contributed by atoms with Crippen LogP contribution in [0.15, 0.2) is 24.3 Å². The summed E-state index contributed by atoms with van der Waals surface area (Å²) in [6.07, 6.45) is 1.15. The van der Waals surface area contributed by atoms with Gasteiger partial charge in [-0.3, -0.25) is 4.79 Å². The number of ether oxygens (including phenoxy) is 1. The number of para-hydroxylation sites is 1. The predicted octanol–water partition coefficient (Wildman–Crippen LogP) is 2.76. The van der Waals surface area contributed by atoms with Crippen molar-refractivity contribution in [2.45, 2.75) is 12.8 Å². The second-order valence-electron chi connectivity index (χ2n) is 4.72. The molecule has 0 aromatic heterocycles. The third-order valence-electron chi connectivity index (χ3n) is 3.36. The monoisotopic (exact) mass is 296 g/mol. The molecule has 0 aliphatic carbocycles. The number of likely N-dealkylation sites (tertiary alicyclic amines) is 1. The molecule has 1 aromatic carbocycles. The van der Waals surface area contributed by atoms with Crippen LogP contribution in [0.25, 0.3) is 0 Å². The Morgan fingerprint density at radius 2 is 2.15 bits per heavy atom. The minimum Gasteiger partial charge on any atom is -0.453 e. The van der Waals surface area contributed by atoms with Crippen LogP contribution in [0.1, 0.15) is 12.8 Å². The second-order valence-corrected chi connectivity index (χ2v) is 5.13. The first kappa shape index (κ1) is 14.7. The topological polar surface area (TPSA) is 58.6 Å². The average Bonchev–Trinajstić information content (AvgIpc) is 2.49. The summed E-state index contributed by atoms with van der Waals surface area (Å²) in [6.45, 7) is 1.01. The summed E-state index contributed by atoms with van der Waals surface area (Å²) in [7, 11) is 1.34. The van der Waals surface area contributed by atoms with Gasteiger partial charge >= 0.3 is 6.09 Å². The SMILES string of the molecule is COC(=O)N1CCCC(C(=O)Nc2ccccc2Cl)C1. The maximum atomic E-state index is 12.2. The first-order valence-corrected chi connectivity index (χ1v) is 6.88. The molecule has 2 rings (SSSR count). The van der Waals surface area contributed by atoms with E-state index in [9.17, 15) is 9.59 Å². The number of nitrogens with zero attached hydrogens (tertiary/aromatic N) is 1. The molecule has 1 aliphatic rings. The summed E-state index contributed by atoms with van der Waals surface area (Å²) in [6, 6.07) is 7.08. The maximum Gasteiger partial charge on any atom is 0.409 e. The lowest BCUT2D eigenvalue weighted by molar-refractivity contribution is -0.121. The van der Waals surface area contributed by atoms with Crippen molar-refractivity contribution in [1.29, 1.82) is 0 Å². The number of piperidine rings is 1. The lowest BCUT2D eigenvalue weighted by atomic mass is 9.97. The summed E-state index contributed by atoms with van der Waals surface area (Å²) in [5.74, 6) is -0.356. The molecule has 0 bridgehead atoms. The van der Waals surface area contributed by atoms with Crippen molar-refractivity contribution in [3.63, 3.8) is 0 Å². The zero-order chi connectivity index (χ0) is 14.5. The molecule has 1 heterocycles. The molecule has 108 valence electrons. The molecule has 0 spiro atoms. The number of nitrogens with one attached hydrogen (secondary N) is 1. The number of hydrogen-bond acceptors (Lipinski definition) is 3. The van der Waals surface area contributed by atoms with E-state index in [0.717, 1.165) is 12.8 Å². The van der Waals surface area contributed by atoms with Gasteiger partial charge in [0.2, 0.25) is 5.91 Å². The second kappa shape index (κ2) is 6.61. The van der Waals surface area contributed by atoms with Gasteiger partial charge in [-0.25, -0.2) is 4.79 Å². The van der Waals surface area contributed by atoms with Gasteiger partial charge in [-0.05, 0) is 25.0 Å². The van der Waals surface area contributed by atoms with E-state index in [4.69, 9.17) is 11.6 Å². The molecule has 6 heteroatoms. The Hall–Kier alpha value is -1.75. The van der Waals surface area contributed by atoms with Crippen LogP contribution >= 0.6 is 11.6 Å². The summed E-state index contributed by atoms with van der Waals surface area (Å²) in [4.78, 5) is 25.3. The third-order valence-corrected chi connectivity index (χ3v) is 3.69. The molecule has 0 saturated carbocycles. The van der Waals surface area contributed by atoms with Gasteiger partial charge in [-0.1, -0.05) is 23.7 Å². The van der Waals surface area contributed by atoms with Crippen LogP contribution in [-0.4, -0.2) is 37.1 Å². The van der Waals surface area contributed by atoms with Crippen LogP contribution in [0.3, 0.4) is 0 Å². The number of rotatable bonds is 2. The predicted molar refractivity (Wildman–Crippen MR) is 76.8 cm³/mol. The van der Waals surface area contributed by atoms with Gasteiger partial charge in [-0.15, -0.1) is 0 Å². The Bertz CT molecular complexity index is 507. The highest BCUT2D eigenvalue weighted by molar-refractivity contribution is 6.33. The molecule has 1 atom stereocenters. The number of hydrogen-bond donors (Lipinski definition) is 1. The van der Waals surface area contributed by atoms with Crippen molar-refractivity contribution >= 4 is 29.3 Å². The number of methoxy groups -OCH3 is 1. The maximum absolute atomic E-state index is 12.2. The molecular formula is C14H17ClN2O3. The summed E-state index contributed by atoms with van der Waals surface area (Å²) in [5.41, 5.74) is 0.592. The molecule has 1 fully saturated rings. The van der Waals surface area contributed by atoms with E-state index < -0.39 is 0 Å². The molecule has 20 heavy (non-hydrogen) atoms. The van der Waals surface area contributed by atoms with Gasteiger partial charge in [0.25, 0.3) is 0 Å². The largest absolute Gasteiger partial charge is 0.453 e. The number of amides is 2. The number of carbonyl (C=O) groups is 2. The molecule has 2 amide bonds. The van der Waals surface area contributed by atoms with Crippen molar-refractivity contribution in [3.8, 4) is 0 Å². The van der Waals surface area contributed by atoms with Crippen LogP contribution in [0, 0.1) is 5.92 Å². The van der Waals surface area contributed by atoms with Crippen LogP contribution in [0.5, 0.6) is 0 Å². The van der Waals surface area contributed by atoms with E-state index in [0.29, 0.717) is 23.8 Å². The van der Waals surface area contributed by atoms with Crippen molar-refractivity contribution in [1.82, 2.24) is 4.90 Å². The van der Waals surface area contributed by atoms with Gasteiger partial charge in [0, 0.05) is 13.1 Å². The Morgan fingerprint density at radius 1 is 1.40 bits per heavy atom. The lowest BCUT2D eigenvalue weighted by Crippen LogP contribution is -2.43. The minimum atomic E-state index is -0.389. The number of halogens is 1. The zero-order valence-corrected chi connectivity index (χ0v) is 12.0. The standard InChI is InChI=1S/C14H17ClN2O3/c1-20-14(19)17-8-4-5-10(9-17)13(18)16-12-7-3-2-6-11(12)15/h2-3,6-7,10H,4-5,8-9H2,1H3,(H,16,18). The summed E-state index contributed by atoms with van der Waals surface area (Å²) >= 11 is 6.01. The minimum absolute atomic E-state index is 0.119. The molecule has 1 saturated heterocycles. The normalized spacial score (nSPS) is 18.5. The quantitative estimate of drug-likeness (QED) is 0.913. The summed E-state index contributed by atoms with van der Waals surface area (Å²) in [5, 5.41) is 3.31. The number of benzene rings is 1. The number of anilines is 1. The molecule has 1 aliphatic heterocycles. The van der Waals surface area contributed by atoms with Crippen molar-refractivity contribution < 1.29 is 14.3 Å². The Morgan fingerprint density at radius 3 is 2.85 bits per heavy atom. The van der Waals surface area contributed by atoms with Crippen LogP contribution in [0.2, 0.25) is 5.02 Å². The van der Waals surface area contributed by atoms with Crippen LogP contribution < -0.4 is 5.32 Å². The highest BCUT2D eigenvalue weighted by atomic mass is 35.5. The smallest absolute Gasteiger partial charge is 0.409 e. The first-order chi connectivity index (χ1) is 9.61. The van der Waals surface area contributed by atoms with Crippen LogP contribution in [0.4, 0.5) is 10.5 Å². The fourth-order valence-corrected chi connectivity index (χ4v) is 2.47. The van der Waals surface area contributed by atoms with E-state index in [1.54, 1.807) is 23.1 Å². The number of carbonyl (C=O) groups excluding carboxylic acids is 2. The first-order valence-electron chi connectivity index (χ1n) is 6.50. The Labute approximate surface area is 122 Å². The fraction of sp³-hybridized carbons (Fsp3) is 0.429. The van der Waals surface area contributed by atoms with Gasteiger partial charge < -0.3 is 15.0 Å². The highest BCUT2D eigenvalue weighted by Crippen LogP contribution is 2.23. The van der Waals surface area contributed by atoms with E-state index in [2.05, 4.69) is 10.1 Å². The molecule has 5 nitrogen and oxygen atoms in total. The van der Waals surface area contributed by atoms with E-state index in [1.807, 2.05) is 6.07 Å². The fourth-order valence-electron chi connectivity index (χ4n) is 2.28. The van der Waals surface area contributed by atoms with Crippen molar-refractivity contribution in [3.05, 3.63) is 29.3 Å². The molecular weight excluding hydrogens is 280 g/mol. The van der Waals surface area contributed by atoms with Gasteiger partial charge in [0.15, 0.2) is 0 Å². The van der Waals surface area contributed by atoms with Gasteiger partial charge in [-0.2, -0.15) is 0 Å². The highest BCUT2D eigenvalue weighted by Gasteiger charge is 2.29. The average molecular weight is 297 g/mol. The summed E-state index contributed by atoms with van der Waals surface area (Å²) < 4.78 is 4.69. The zero-order valence-electron chi connectivity index (χ0n) is 11.3. The molecule has 0 radical (unpaired) electrons. The molecule has 1 N–H and O–H groups in total. The van der Waals surface area contributed by atoms with Crippen molar-refractivity contribution in [2.24, 2.45) is 5.92 Å². The van der Waals surface area contributed by atoms with Gasteiger partial charge in [0.05, 0.1) is 23.7 Å². The molecule has 1 aromatic rings. The van der Waals surface area contributed by atoms with Crippen molar-refractivity contribution in [2.75, 3.05) is 25.5 Å².